The van der Waals surface area contributed by atoms with Crippen molar-refractivity contribution >= 4 is 23.1 Å². The number of hydrogen-bond donors (Lipinski definition) is 1. The third-order valence-electron chi connectivity index (χ3n) is 2.03. The second kappa shape index (κ2) is 4.86. The van der Waals surface area contributed by atoms with Crippen LogP contribution in [-0.2, 0) is 17.6 Å². The molecule has 1 aromatic carbocycles. The van der Waals surface area contributed by atoms with Crippen LogP contribution in [0.4, 0.5) is 0 Å². The van der Waals surface area contributed by atoms with Gasteiger partial charge in [0, 0.05) is 6.42 Å². The van der Waals surface area contributed by atoms with E-state index in [2.05, 4.69) is 6.92 Å². The molecule has 0 radical (unpaired) electrons. The highest BCUT2D eigenvalue weighted by atomic mass is 32.1. The fraction of sp³-hybridized carbons (Fsp3) is 0.273. The Kier molecular flexibility index (Phi) is 3.77. The highest BCUT2D eigenvalue weighted by Gasteiger charge is 2.06. The van der Waals surface area contributed by atoms with Crippen molar-refractivity contribution in [3.63, 3.8) is 0 Å². The molecule has 0 aromatic heterocycles. The van der Waals surface area contributed by atoms with Crippen LogP contribution in [0.5, 0.6) is 0 Å². The van der Waals surface area contributed by atoms with Crippen molar-refractivity contribution in [3.05, 3.63) is 35.4 Å². The molecule has 0 atom stereocenters. The third kappa shape index (κ3) is 2.92. The fourth-order valence-electron chi connectivity index (χ4n) is 1.15. The smallest absolute Gasteiger partial charge is 0.342 e. The number of thiocarbonyl (C=S) groups is 1. The number of carboxylic acid groups (broad SMARTS) is 1. The van der Waals surface area contributed by atoms with Gasteiger partial charge in [-0.15, -0.1) is 0 Å². The van der Waals surface area contributed by atoms with Crippen molar-refractivity contribution in [2.75, 3.05) is 0 Å². The lowest BCUT2D eigenvalue weighted by molar-refractivity contribution is -0.129. The molecule has 0 aliphatic heterocycles. The quantitative estimate of drug-likeness (QED) is 0.771. The van der Waals surface area contributed by atoms with Gasteiger partial charge in [0.15, 0.2) is 0 Å². The summed E-state index contributed by atoms with van der Waals surface area (Å²) in [4.78, 5) is 10.5. The highest BCUT2D eigenvalue weighted by molar-refractivity contribution is 7.82. The zero-order chi connectivity index (χ0) is 10.6. The summed E-state index contributed by atoms with van der Waals surface area (Å²) >= 11 is 4.72. The number of aliphatic carboxylic acids is 1. The van der Waals surface area contributed by atoms with Crippen LogP contribution in [0.2, 0.25) is 0 Å². The monoisotopic (exact) mass is 208 g/mol. The fourth-order valence-corrected chi connectivity index (χ4v) is 1.32. The Morgan fingerprint density at radius 3 is 2.21 bits per heavy atom. The summed E-state index contributed by atoms with van der Waals surface area (Å²) in [5.41, 5.74) is 2.20. The molecule has 1 rings (SSSR count). The largest absolute Gasteiger partial charge is 0.477 e. The lowest BCUT2D eigenvalue weighted by Gasteiger charge is -2.01. The van der Waals surface area contributed by atoms with E-state index in [9.17, 15) is 4.79 Å². The zero-order valence-electron chi connectivity index (χ0n) is 7.99. The van der Waals surface area contributed by atoms with Gasteiger partial charge in [-0.1, -0.05) is 43.4 Å². The van der Waals surface area contributed by atoms with Gasteiger partial charge in [0.05, 0.1) is 0 Å². The summed E-state index contributed by atoms with van der Waals surface area (Å²) in [5.74, 6) is -1.00. The molecule has 0 fully saturated rings. The van der Waals surface area contributed by atoms with Crippen LogP contribution in [0.15, 0.2) is 24.3 Å². The topological polar surface area (TPSA) is 37.3 Å². The number of carboxylic acids is 1. The zero-order valence-corrected chi connectivity index (χ0v) is 8.80. The van der Waals surface area contributed by atoms with E-state index in [0.717, 1.165) is 12.0 Å². The van der Waals surface area contributed by atoms with Crippen LogP contribution in [0.1, 0.15) is 18.1 Å². The first-order valence-electron chi connectivity index (χ1n) is 4.47. The average Bonchev–Trinajstić information content (AvgIpc) is 2.19. The van der Waals surface area contributed by atoms with Gasteiger partial charge < -0.3 is 5.11 Å². The molecule has 0 unspecified atom stereocenters. The van der Waals surface area contributed by atoms with Crippen LogP contribution >= 0.6 is 12.2 Å². The van der Waals surface area contributed by atoms with E-state index in [4.69, 9.17) is 17.3 Å². The Hall–Kier alpha value is -1.22. The third-order valence-corrected chi connectivity index (χ3v) is 2.35. The first kappa shape index (κ1) is 10.9. The first-order valence-corrected chi connectivity index (χ1v) is 4.88. The molecule has 0 spiro atoms. The van der Waals surface area contributed by atoms with Crippen molar-refractivity contribution in [3.8, 4) is 0 Å². The van der Waals surface area contributed by atoms with Crippen LogP contribution in [0, 0.1) is 0 Å². The average molecular weight is 208 g/mol. The molecule has 0 amide bonds. The Morgan fingerprint density at radius 1 is 1.29 bits per heavy atom. The summed E-state index contributed by atoms with van der Waals surface area (Å²) < 4.78 is 0. The lowest BCUT2D eigenvalue weighted by Crippen LogP contribution is -2.12. The molecular weight excluding hydrogens is 196 g/mol. The maximum Gasteiger partial charge on any atom is 0.342 e. The molecule has 2 nitrogen and oxygen atoms in total. The van der Waals surface area contributed by atoms with Crippen molar-refractivity contribution < 1.29 is 9.90 Å². The maximum absolute atomic E-state index is 10.5. The number of aryl methyl sites for hydroxylation is 1. The van der Waals surface area contributed by atoms with E-state index in [1.54, 1.807) is 0 Å². The Labute approximate surface area is 88.6 Å². The van der Waals surface area contributed by atoms with E-state index >= 15 is 0 Å². The summed E-state index contributed by atoms with van der Waals surface area (Å²) in [7, 11) is 0. The van der Waals surface area contributed by atoms with E-state index in [0.29, 0.717) is 6.42 Å². The number of rotatable bonds is 4. The number of hydrogen-bond acceptors (Lipinski definition) is 2. The van der Waals surface area contributed by atoms with Gasteiger partial charge in [-0.25, -0.2) is 4.79 Å². The molecule has 0 saturated carbocycles. The molecule has 0 saturated heterocycles. The molecule has 74 valence electrons. The summed E-state index contributed by atoms with van der Waals surface area (Å²) in [6.07, 6.45) is 1.33. The van der Waals surface area contributed by atoms with Gasteiger partial charge in [-0.05, 0) is 17.5 Å². The second-order valence-electron chi connectivity index (χ2n) is 3.08. The normalized spacial score (nSPS) is 9.79. The molecule has 1 aromatic rings. The van der Waals surface area contributed by atoms with Gasteiger partial charge in [0.25, 0.3) is 0 Å². The molecule has 0 bridgehead atoms. The summed E-state index contributed by atoms with van der Waals surface area (Å²) in [6, 6.07) is 7.85. The minimum atomic E-state index is -1.00. The minimum Gasteiger partial charge on any atom is -0.477 e. The number of carbonyl (C=O) groups is 1. The Balaban J connectivity index is 2.69. The van der Waals surface area contributed by atoms with E-state index in [1.807, 2.05) is 24.3 Å². The Bertz CT molecular complexity index is 341. The predicted molar refractivity (Wildman–Crippen MR) is 59.8 cm³/mol. The summed E-state index contributed by atoms with van der Waals surface area (Å²) in [6.45, 7) is 2.08. The summed E-state index contributed by atoms with van der Waals surface area (Å²) in [5, 5.41) is 8.60. The van der Waals surface area contributed by atoms with Crippen LogP contribution in [0.3, 0.4) is 0 Å². The van der Waals surface area contributed by atoms with E-state index in [1.165, 1.54) is 5.56 Å². The molecule has 3 heteroatoms. The van der Waals surface area contributed by atoms with Crippen molar-refractivity contribution in [1.29, 1.82) is 0 Å². The minimum absolute atomic E-state index is 0.0641. The van der Waals surface area contributed by atoms with Gasteiger partial charge in [-0.3, -0.25) is 0 Å². The van der Waals surface area contributed by atoms with Crippen molar-refractivity contribution in [2.45, 2.75) is 19.8 Å². The standard InChI is InChI=1S/C11H12O2S/c1-2-8-3-5-9(6-4-8)7-10(14)11(12)13/h3-6H,2,7H2,1H3,(H,12,13). The highest BCUT2D eigenvalue weighted by Crippen LogP contribution is 2.06. The maximum atomic E-state index is 10.5. The van der Waals surface area contributed by atoms with Crippen LogP contribution < -0.4 is 0 Å². The van der Waals surface area contributed by atoms with Gasteiger partial charge >= 0.3 is 5.97 Å². The van der Waals surface area contributed by atoms with Gasteiger partial charge in [0.2, 0.25) is 0 Å². The second-order valence-corrected chi connectivity index (χ2v) is 3.57. The van der Waals surface area contributed by atoms with Crippen molar-refractivity contribution in [1.82, 2.24) is 0 Å². The molecule has 0 heterocycles. The SMILES string of the molecule is CCc1ccc(CC(=S)C(=O)O)cc1. The van der Waals surface area contributed by atoms with Crippen molar-refractivity contribution in [2.24, 2.45) is 0 Å². The van der Waals surface area contributed by atoms with Gasteiger partial charge in [-0.2, -0.15) is 0 Å². The molecule has 0 aliphatic carbocycles. The van der Waals surface area contributed by atoms with Crippen LogP contribution in [-0.4, -0.2) is 15.9 Å². The predicted octanol–water partition coefficient (Wildman–Crippen LogP) is 2.25. The molecular formula is C11H12O2S. The molecule has 14 heavy (non-hydrogen) atoms. The van der Waals surface area contributed by atoms with Crippen LogP contribution in [0.25, 0.3) is 0 Å². The molecule has 0 aliphatic rings. The van der Waals surface area contributed by atoms with E-state index in [-0.39, 0.29) is 4.86 Å². The lowest BCUT2D eigenvalue weighted by atomic mass is 10.1. The number of benzene rings is 1. The first-order chi connectivity index (χ1) is 6.63. The van der Waals surface area contributed by atoms with Gasteiger partial charge in [0.1, 0.15) is 4.86 Å². The molecule has 1 N–H and O–H groups in total. The Morgan fingerprint density at radius 2 is 1.79 bits per heavy atom. The van der Waals surface area contributed by atoms with E-state index < -0.39 is 5.97 Å².